The van der Waals surface area contributed by atoms with E-state index in [9.17, 15) is 0 Å². The molecule has 0 aliphatic heterocycles. The molecule has 1 nitrogen and oxygen atoms in total. The highest BCUT2D eigenvalue weighted by atomic mass is 28.4. The molecule has 254 valence electrons. The van der Waals surface area contributed by atoms with Crippen molar-refractivity contribution in [2.75, 3.05) is 0 Å². The summed E-state index contributed by atoms with van der Waals surface area (Å²) >= 11 is 0. The molecule has 0 saturated heterocycles. The average molecular weight is 666 g/mol. The van der Waals surface area contributed by atoms with Gasteiger partial charge in [-0.25, -0.2) is 0 Å². The molecule has 0 N–H and O–H groups in total. The van der Waals surface area contributed by atoms with Crippen LogP contribution in [0.1, 0.15) is 82.1 Å². The van der Waals surface area contributed by atoms with Crippen molar-refractivity contribution in [2.45, 2.75) is 197 Å². The van der Waals surface area contributed by atoms with Gasteiger partial charge in [0.1, 0.15) is 0 Å². The van der Waals surface area contributed by atoms with Gasteiger partial charge in [-0.1, -0.05) is 146 Å². The lowest BCUT2D eigenvalue weighted by molar-refractivity contribution is 0.233. The van der Waals surface area contributed by atoms with Crippen LogP contribution in [-0.4, -0.2) is 48.2 Å². The molecular weight excluding hydrogens is 577 g/mol. The summed E-state index contributed by atoms with van der Waals surface area (Å²) in [4.78, 5) is 0. The van der Waals surface area contributed by atoms with Gasteiger partial charge in [-0.2, -0.15) is 0 Å². The average Bonchev–Trinajstić information content (AvgIpc) is 2.53. The van der Waals surface area contributed by atoms with Crippen LogP contribution in [0, 0.1) is 29.1 Å². The minimum absolute atomic E-state index is 0.228. The second-order valence-electron chi connectivity index (χ2n) is 19.8. The van der Waals surface area contributed by atoms with E-state index in [-0.39, 0.29) is 17.6 Å². The van der Waals surface area contributed by atoms with Crippen LogP contribution in [0.5, 0.6) is 0 Å². The first kappa shape index (κ1) is 48.9. The third-order valence-electron chi connectivity index (χ3n) is 6.07. The second-order valence-corrected chi connectivity index (χ2v) is 41.9. The molecular formula is C35H88OSi5. The number of hydrogen-bond donors (Lipinski definition) is 0. The monoisotopic (exact) mass is 665 g/mol. The smallest absolute Gasteiger partial charge is 0.184 e. The fraction of sp³-hybridized carbons (Fsp3) is 1.00. The van der Waals surface area contributed by atoms with Gasteiger partial charge in [0, 0.05) is 39.8 Å². The maximum Gasteiger partial charge on any atom is 0.184 e. The molecule has 41 heavy (non-hydrogen) atoms. The Hall–Kier alpha value is 1.04. The van der Waals surface area contributed by atoms with Crippen LogP contribution in [0.4, 0.5) is 0 Å². The van der Waals surface area contributed by atoms with Gasteiger partial charge in [-0.15, -0.1) is 0 Å². The molecule has 6 heteroatoms. The zero-order chi connectivity index (χ0) is 34.0. The zero-order valence-corrected chi connectivity index (χ0v) is 39.0. The molecule has 0 amide bonds. The van der Waals surface area contributed by atoms with Crippen molar-refractivity contribution in [2.24, 2.45) is 29.1 Å². The van der Waals surface area contributed by atoms with Gasteiger partial charge in [0.2, 0.25) is 0 Å². The van der Waals surface area contributed by atoms with Gasteiger partial charge in [0.25, 0.3) is 0 Å². The Balaban J connectivity index is -0.000000227. The minimum atomic E-state index is -1.30. The van der Waals surface area contributed by atoms with E-state index >= 15 is 0 Å². The Bertz CT molecular complexity index is 493. The van der Waals surface area contributed by atoms with Crippen molar-refractivity contribution in [1.82, 2.24) is 0 Å². The van der Waals surface area contributed by atoms with Crippen molar-refractivity contribution < 1.29 is 4.43 Å². The second kappa shape index (κ2) is 23.4. The fourth-order valence-electron chi connectivity index (χ4n) is 6.32. The predicted molar refractivity (Wildman–Crippen MR) is 214 cm³/mol. The van der Waals surface area contributed by atoms with E-state index in [0.29, 0.717) is 11.5 Å². The zero-order valence-electron chi connectivity index (χ0n) is 33.7. The van der Waals surface area contributed by atoms with Crippen molar-refractivity contribution in [3.63, 3.8) is 0 Å². The van der Waals surface area contributed by atoms with E-state index in [0.717, 1.165) is 23.7 Å². The number of hydrogen-bond acceptors (Lipinski definition) is 1. The largest absolute Gasteiger partial charge is 0.415 e. The van der Waals surface area contributed by atoms with Crippen LogP contribution in [0.25, 0.3) is 0 Å². The molecule has 0 aliphatic rings. The Labute approximate surface area is 271 Å². The van der Waals surface area contributed by atoms with Gasteiger partial charge >= 0.3 is 0 Å². The summed E-state index contributed by atoms with van der Waals surface area (Å²) in [6.45, 7) is 54.3. The normalized spacial score (nSPS) is 15.0. The molecule has 0 radical (unpaired) electrons. The van der Waals surface area contributed by atoms with Crippen molar-refractivity contribution in [1.29, 1.82) is 0 Å². The minimum Gasteiger partial charge on any atom is -0.415 e. The Kier molecular flexibility index (Phi) is 27.9. The van der Waals surface area contributed by atoms with E-state index in [2.05, 4.69) is 154 Å². The first-order valence-electron chi connectivity index (χ1n) is 17.5. The van der Waals surface area contributed by atoms with Crippen LogP contribution in [0.15, 0.2) is 0 Å². The fourth-order valence-corrected chi connectivity index (χ4v) is 15.5. The predicted octanol–water partition coefficient (Wildman–Crippen LogP) is 13.2. The van der Waals surface area contributed by atoms with E-state index in [1.807, 2.05) is 0 Å². The maximum atomic E-state index is 5.99. The highest BCUT2D eigenvalue weighted by Gasteiger charge is 2.23. The molecule has 0 aromatic carbocycles. The summed E-state index contributed by atoms with van der Waals surface area (Å²) in [5.74, 6) is 3.72. The van der Waals surface area contributed by atoms with Gasteiger partial charge in [0.05, 0.1) is 0 Å². The van der Waals surface area contributed by atoms with Crippen molar-refractivity contribution >= 4 is 42.1 Å². The van der Waals surface area contributed by atoms with Crippen LogP contribution in [0.3, 0.4) is 0 Å². The van der Waals surface area contributed by atoms with Crippen LogP contribution < -0.4 is 0 Å². The Morgan fingerprint density at radius 1 is 0.561 bits per heavy atom. The first-order chi connectivity index (χ1) is 17.8. The van der Waals surface area contributed by atoms with Crippen molar-refractivity contribution in [3.8, 4) is 0 Å². The topological polar surface area (TPSA) is 9.23 Å². The summed E-state index contributed by atoms with van der Waals surface area (Å²) in [5.41, 5.74) is 0.513. The molecule has 0 heterocycles. The molecule has 0 spiro atoms. The third-order valence-corrected chi connectivity index (χ3v) is 14.5. The standard InChI is InChI=1S/C11H26Si.C9H24OSi2.C9H22Si.C6H16Si/c1-10(8-11(2,3)4)9-12(5,6)7;1-9(8-11(2,3)4)10-12(5,6)7;1-8(2)6-9(3)7-10(4)5;1-6(2)5-7(3)4/h10H,8-9H2,1-7H3;9H,8H2,1-7H3;8-10H,6-7H2,1-5H3;6-7H,5H2,1-4H3. The summed E-state index contributed by atoms with van der Waals surface area (Å²) in [6.07, 6.45) is 3.27. The highest BCUT2D eigenvalue weighted by molar-refractivity contribution is 6.76. The van der Waals surface area contributed by atoms with Crippen LogP contribution in [-0.2, 0) is 4.43 Å². The van der Waals surface area contributed by atoms with E-state index in [1.54, 1.807) is 0 Å². The van der Waals surface area contributed by atoms with Gasteiger partial charge in [-0.05, 0) is 74.5 Å². The first-order valence-corrected chi connectivity index (χ1v) is 34.6. The molecule has 0 aromatic rings. The third kappa shape index (κ3) is 57.3. The quantitative estimate of drug-likeness (QED) is 0.178. The van der Waals surface area contributed by atoms with E-state index in [4.69, 9.17) is 4.43 Å². The molecule has 0 aliphatic carbocycles. The summed E-state index contributed by atoms with van der Waals surface area (Å²) in [7, 11) is -3.56. The van der Waals surface area contributed by atoms with Crippen LogP contribution >= 0.6 is 0 Å². The summed E-state index contributed by atoms with van der Waals surface area (Å²) < 4.78 is 5.99. The van der Waals surface area contributed by atoms with E-state index in [1.165, 1.54) is 37.0 Å². The van der Waals surface area contributed by atoms with E-state index < -0.39 is 24.5 Å². The highest BCUT2D eigenvalue weighted by Crippen LogP contribution is 2.29. The number of rotatable bonds is 13. The maximum absolute atomic E-state index is 5.99. The SMILES string of the molecule is CC(C)CC(C)C[SiH](C)C.CC(C)C[SiH](C)C.CC(CC(C)(C)C)C[Si](C)(C)C.CC(C[Si](C)(C)C)O[Si](C)(C)C. The molecule has 0 fully saturated rings. The van der Waals surface area contributed by atoms with Crippen LogP contribution in [0.2, 0.25) is 109 Å². The Morgan fingerprint density at radius 3 is 1.17 bits per heavy atom. The lowest BCUT2D eigenvalue weighted by atomic mass is 9.86. The van der Waals surface area contributed by atoms with Gasteiger partial charge < -0.3 is 4.43 Å². The summed E-state index contributed by atoms with van der Waals surface area (Å²) in [6, 6.07) is 5.79. The molecule has 0 bridgehead atoms. The lowest BCUT2D eigenvalue weighted by Crippen LogP contribution is -2.35. The summed E-state index contributed by atoms with van der Waals surface area (Å²) in [5, 5.41) is 0. The Morgan fingerprint density at radius 2 is 0.951 bits per heavy atom. The lowest BCUT2D eigenvalue weighted by Gasteiger charge is -2.27. The van der Waals surface area contributed by atoms with Gasteiger partial charge in [0.15, 0.2) is 8.32 Å². The molecule has 0 saturated carbocycles. The molecule has 0 aromatic heterocycles. The molecule has 3 atom stereocenters. The molecule has 0 rings (SSSR count). The van der Waals surface area contributed by atoms with Gasteiger partial charge in [-0.3, -0.25) is 0 Å². The molecule has 3 unspecified atom stereocenters. The van der Waals surface area contributed by atoms with Crippen molar-refractivity contribution in [3.05, 3.63) is 0 Å².